The molecule has 0 radical (unpaired) electrons. The van der Waals surface area contributed by atoms with Gasteiger partial charge in [-0.25, -0.2) is 8.42 Å². The molecule has 5 nitrogen and oxygen atoms in total. The molecular formula is C16H25NO4S. The van der Waals surface area contributed by atoms with Crippen LogP contribution in [0, 0.1) is 12.8 Å². The summed E-state index contributed by atoms with van der Waals surface area (Å²) < 4.78 is 23.3. The van der Waals surface area contributed by atoms with E-state index < -0.39 is 21.6 Å². The highest BCUT2D eigenvalue weighted by Crippen LogP contribution is 2.23. The lowest BCUT2D eigenvalue weighted by Gasteiger charge is -2.23. The Kier molecular flexibility index (Phi) is 7.03. The third kappa shape index (κ3) is 6.58. The number of benzene rings is 1. The lowest BCUT2D eigenvalue weighted by molar-refractivity contribution is -0.134. The van der Waals surface area contributed by atoms with Crippen molar-refractivity contribution in [1.82, 2.24) is 5.32 Å². The fraction of sp³-hybridized carbons (Fsp3) is 0.562. The summed E-state index contributed by atoms with van der Waals surface area (Å²) in [4.78, 5) is 10.5. The quantitative estimate of drug-likeness (QED) is 0.726. The maximum atomic E-state index is 11.6. The molecule has 1 aromatic carbocycles. The van der Waals surface area contributed by atoms with Crippen LogP contribution in [0.15, 0.2) is 24.3 Å². The fourth-order valence-electron chi connectivity index (χ4n) is 2.42. The number of carboxylic acids is 1. The van der Waals surface area contributed by atoms with Crippen molar-refractivity contribution in [2.45, 2.75) is 33.2 Å². The van der Waals surface area contributed by atoms with Gasteiger partial charge in [-0.15, -0.1) is 0 Å². The molecule has 1 rings (SSSR count). The minimum Gasteiger partial charge on any atom is -0.480 e. The summed E-state index contributed by atoms with van der Waals surface area (Å²) in [6, 6.07) is 8.09. The largest absolute Gasteiger partial charge is 0.480 e. The Morgan fingerprint density at radius 3 is 2.45 bits per heavy atom. The maximum Gasteiger partial charge on any atom is 0.318 e. The third-order valence-electron chi connectivity index (χ3n) is 3.42. The molecule has 0 amide bonds. The van der Waals surface area contributed by atoms with Gasteiger partial charge in [0.2, 0.25) is 0 Å². The average Bonchev–Trinajstić information content (AvgIpc) is 2.36. The highest BCUT2D eigenvalue weighted by molar-refractivity contribution is 7.92. The summed E-state index contributed by atoms with van der Waals surface area (Å²) in [5.41, 5.74) is 2.32. The number of carbonyl (C=O) groups is 1. The van der Waals surface area contributed by atoms with Crippen molar-refractivity contribution < 1.29 is 18.3 Å². The number of aliphatic carboxylic acids is 1. The van der Waals surface area contributed by atoms with Crippen LogP contribution in [0.1, 0.15) is 37.4 Å². The number of hydrogen-bond donors (Lipinski definition) is 2. The minimum atomic E-state index is -3.56. The van der Waals surface area contributed by atoms with E-state index in [1.807, 2.05) is 31.2 Å². The molecule has 0 aliphatic heterocycles. The van der Waals surface area contributed by atoms with Crippen LogP contribution < -0.4 is 5.32 Å². The first-order valence-electron chi connectivity index (χ1n) is 7.42. The number of nitrogens with one attached hydrogen (secondary N) is 1. The molecule has 22 heavy (non-hydrogen) atoms. The van der Waals surface area contributed by atoms with Crippen LogP contribution in [0.2, 0.25) is 0 Å². The third-order valence-corrected chi connectivity index (χ3v) is 4.93. The van der Waals surface area contributed by atoms with Crippen molar-refractivity contribution in [3.05, 3.63) is 35.4 Å². The molecule has 1 unspecified atom stereocenters. The maximum absolute atomic E-state index is 11.6. The van der Waals surface area contributed by atoms with Gasteiger partial charge in [-0.1, -0.05) is 38.1 Å². The smallest absolute Gasteiger partial charge is 0.318 e. The first kappa shape index (κ1) is 18.6. The average molecular weight is 327 g/mol. The van der Waals surface area contributed by atoms with Crippen molar-refractivity contribution in [3.8, 4) is 0 Å². The first-order chi connectivity index (χ1) is 10.2. The number of aryl methyl sites for hydroxylation is 1. The molecule has 0 spiro atoms. The van der Waals surface area contributed by atoms with Crippen LogP contribution in [0.25, 0.3) is 0 Å². The lowest BCUT2D eigenvalue weighted by atomic mass is 9.94. The van der Waals surface area contributed by atoms with Gasteiger partial charge in [0.1, 0.15) is 5.75 Å². The zero-order valence-corrected chi connectivity index (χ0v) is 14.2. The number of sulfone groups is 1. The Balaban J connectivity index is 2.71. The van der Waals surface area contributed by atoms with Crippen LogP contribution in [0.5, 0.6) is 0 Å². The van der Waals surface area contributed by atoms with Gasteiger partial charge in [0, 0.05) is 12.6 Å². The van der Waals surface area contributed by atoms with E-state index in [1.54, 1.807) is 0 Å². The fourth-order valence-corrected chi connectivity index (χ4v) is 3.37. The van der Waals surface area contributed by atoms with Crippen molar-refractivity contribution in [2.24, 2.45) is 5.92 Å². The highest BCUT2D eigenvalue weighted by atomic mass is 32.2. The van der Waals surface area contributed by atoms with Crippen LogP contribution in [-0.2, 0) is 14.6 Å². The Morgan fingerprint density at radius 1 is 1.27 bits per heavy atom. The lowest BCUT2D eigenvalue weighted by Crippen LogP contribution is -2.30. The predicted molar refractivity (Wildman–Crippen MR) is 87.7 cm³/mol. The molecule has 124 valence electrons. The van der Waals surface area contributed by atoms with E-state index in [0.29, 0.717) is 5.92 Å². The molecule has 0 aromatic heterocycles. The Labute approximate surface area is 132 Å². The van der Waals surface area contributed by atoms with Gasteiger partial charge >= 0.3 is 5.97 Å². The van der Waals surface area contributed by atoms with Gasteiger partial charge in [-0.2, -0.15) is 0 Å². The van der Waals surface area contributed by atoms with Crippen LogP contribution >= 0.6 is 0 Å². The summed E-state index contributed by atoms with van der Waals surface area (Å²) >= 11 is 0. The van der Waals surface area contributed by atoms with E-state index in [0.717, 1.165) is 17.5 Å². The van der Waals surface area contributed by atoms with E-state index in [2.05, 4.69) is 19.2 Å². The highest BCUT2D eigenvalue weighted by Gasteiger charge is 2.18. The van der Waals surface area contributed by atoms with E-state index in [-0.39, 0.29) is 18.3 Å². The molecule has 0 aliphatic rings. The van der Waals surface area contributed by atoms with Gasteiger partial charge in [-0.05, 0) is 30.4 Å². The summed E-state index contributed by atoms with van der Waals surface area (Å²) in [7, 11) is -3.56. The van der Waals surface area contributed by atoms with E-state index >= 15 is 0 Å². The summed E-state index contributed by atoms with van der Waals surface area (Å²) in [6.45, 7) is 6.52. The molecule has 0 saturated heterocycles. The van der Waals surface area contributed by atoms with Crippen LogP contribution in [-0.4, -0.2) is 37.5 Å². The molecule has 0 aliphatic carbocycles. The molecule has 1 atom stereocenters. The second kappa shape index (κ2) is 8.29. The van der Waals surface area contributed by atoms with E-state index in [1.165, 1.54) is 0 Å². The number of carboxylic acid groups (broad SMARTS) is 1. The molecule has 1 aromatic rings. The van der Waals surface area contributed by atoms with Crippen LogP contribution in [0.4, 0.5) is 0 Å². The van der Waals surface area contributed by atoms with Gasteiger partial charge in [0.25, 0.3) is 0 Å². The van der Waals surface area contributed by atoms with Crippen molar-refractivity contribution in [1.29, 1.82) is 0 Å². The van der Waals surface area contributed by atoms with Gasteiger partial charge < -0.3 is 10.4 Å². The summed E-state index contributed by atoms with van der Waals surface area (Å²) in [6.07, 6.45) is 0.893. The predicted octanol–water partition coefficient (Wildman–Crippen LogP) is 2.17. The van der Waals surface area contributed by atoms with Crippen molar-refractivity contribution >= 4 is 15.8 Å². The van der Waals surface area contributed by atoms with Crippen molar-refractivity contribution in [3.63, 3.8) is 0 Å². The number of hydrogen-bond acceptors (Lipinski definition) is 4. The standard InChI is InChI=1S/C16H25NO4S/c1-12(2)10-15(14-7-5-4-6-13(14)3)17-8-9-22(20,21)11-16(18)19/h4-7,12,15,17H,8-11H2,1-3H3,(H,18,19). The molecule has 6 heteroatoms. The first-order valence-corrected chi connectivity index (χ1v) is 9.24. The van der Waals surface area contributed by atoms with Crippen molar-refractivity contribution in [2.75, 3.05) is 18.1 Å². The molecule has 2 N–H and O–H groups in total. The summed E-state index contributed by atoms with van der Waals surface area (Å²) in [5.74, 6) is -1.82. The second-order valence-corrected chi connectivity index (χ2v) is 8.16. The van der Waals surface area contributed by atoms with Gasteiger partial charge in [0.05, 0.1) is 5.75 Å². The Hall–Kier alpha value is -1.40. The zero-order chi connectivity index (χ0) is 16.8. The Bertz CT molecular complexity index is 596. The molecule has 0 saturated carbocycles. The molecular weight excluding hydrogens is 302 g/mol. The molecule has 0 bridgehead atoms. The topological polar surface area (TPSA) is 83.5 Å². The molecule has 0 heterocycles. The van der Waals surface area contributed by atoms with E-state index in [4.69, 9.17) is 5.11 Å². The van der Waals surface area contributed by atoms with Crippen LogP contribution in [0.3, 0.4) is 0 Å². The summed E-state index contributed by atoms with van der Waals surface area (Å²) in [5, 5.41) is 11.9. The number of rotatable bonds is 9. The minimum absolute atomic E-state index is 0.0706. The molecule has 0 fully saturated rings. The normalized spacial score (nSPS) is 13.3. The SMILES string of the molecule is Cc1ccccc1C(CC(C)C)NCCS(=O)(=O)CC(=O)O. The van der Waals surface area contributed by atoms with Gasteiger partial charge in [0.15, 0.2) is 9.84 Å². The monoisotopic (exact) mass is 327 g/mol. The Morgan fingerprint density at radius 2 is 1.91 bits per heavy atom. The van der Waals surface area contributed by atoms with E-state index in [9.17, 15) is 13.2 Å². The van der Waals surface area contributed by atoms with Gasteiger partial charge in [-0.3, -0.25) is 4.79 Å². The second-order valence-electron chi connectivity index (χ2n) is 5.98. The zero-order valence-electron chi connectivity index (χ0n) is 13.4.